The smallest absolute Gasteiger partial charge is 0.0667 e. The summed E-state index contributed by atoms with van der Waals surface area (Å²) in [5, 5.41) is 20.5. The standard InChI is InChI=1S/C12H22O2S2/c13-9-5-1-3-7-11(9)15-16-12-8-4-2-6-10(12)14/h9-14H,1-8H2/t9-,10-,11-,12-/m1/s1. The van der Waals surface area contributed by atoms with Crippen molar-refractivity contribution in [2.45, 2.75) is 74.1 Å². The zero-order valence-corrected chi connectivity index (χ0v) is 11.3. The highest BCUT2D eigenvalue weighted by Crippen LogP contribution is 2.42. The predicted octanol–water partition coefficient (Wildman–Crippen LogP) is 2.97. The first-order valence-corrected chi connectivity index (χ1v) is 8.73. The Morgan fingerprint density at radius 1 is 0.625 bits per heavy atom. The van der Waals surface area contributed by atoms with Crippen LogP contribution in [0.3, 0.4) is 0 Å². The summed E-state index contributed by atoms with van der Waals surface area (Å²) in [6, 6.07) is 0. The van der Waals surface area contributed by atoms with Crippen molar-refractivity contribution in [3.63, 3.8) is 0 Å². The summed E-state index contributed by atoms with van der Waals surface area (Å²) in [6.45, 7) is 0. The second kappa shape index (κ2) is 6.53. The minimum Gasteiger partial charge on any atom is -0.392 e. The van der Waals surface area contributed by atoms with E-state index in [4.69, 9.17) is 0 Å². The largest absolute Gasteiger partial charge is 0.392 e. The lowest BCUT2D eigenvalue weighted by molar-refractivity contribution is 0.136. The maximum Gasteiger partial charge on any atom is 0.0667 e. The van der Waals surface area contributed by atoms with Crippen LogP contribution in [0.15, 0.2) is 0 Å². The lowest BCUT2D eigenvalue weighted by atomic mass is 9.97. The molecule has 0 aromatic carbocycles. The van der Waals surface area contributed by atoms with Crippen molar-refractivity contribution in [1.82, 2.24) is 0 Å². The number of hydrogen-bond donors (Lipinski definition) is 2. The molecule has 2 fully saturated rings. The monoisotopic (exact) mass is 262 g/mol. The van der Waals surface area contributed by atoms with Crippen LogP contribution in [0.5, 0.6) is 0 Å². The van der Waals surface area contributed by atoms with E-state index in [1.165, 1.54) is 25.7 Å². The molecular weight excluding hydrogens is 240 g/mol. The van der Waals surface area contributed by atoms with E-state index in [1.54, 1.807) is 0 Å². The van der Waals surface area contributed by atoms with Crippen LogP contribution >= 0.6 is 21.6 Å². The molecule has 94 valence electrons. The van der Waals surface area contributed by atoms with E-state index in [0.29, 0.717) is 10.5 Å². The Labute approximate surface area is 106 Å². The summed E-state index contributed by atoms with van der Waals surface area (Å²) in [7, 11) is 3.64. The zero-order chi connectivity index (χ0) is 11.4. The molecule has 0 heterocycles. The summed E-state index contributed by atoms with van der Waals surface area (Å²) >= 11 is 0. The van der Waals surface area contributed by atoms with Crippen LogP contribution in [0.2, 0.25) is 0 Å². The summed E-state index contributed by atoms with van der Waals surface area (Å²) in [6.07, 6.45) is 8.83. The summed E-state index contributed by atoms with van der Waals surface area (Å²) < 4.78 is 0. The predicted molar refractivity (Wildman–Crippen MR) is 71.7 cm³/mol. The molecule has 0 unspecified atom stereocenters. The molecule has 16 heavy (non-hydrogen) atoms. The van der Waals surface area contributed by atoms with E-state index in [0.717, 1.165) is 25.7 Å². The van der Waals surface area contributed by atoms with Crippen molar-refractivity contribution in [1.29, 1.82) is 0 Å². The Morgan fingerprint density at radius 2 is 1.00 bits per heavy atom. The first-order chi connectivity index (χ1) is 7.77. The molecule has 0 aromatic rings. The van der Waals surface area contributed by atoms with Crippen molar-refractivity contribution in [3.8, 4) is 0 Å². The summed E-state index contributed by atoms with van der Waals surface area (Å²) in [5.74, 6) is 0. The van der Waals surface area contributed by atoms with E-state index in [9.17, 15) is 10.2 Å². The third-order valence-corrected chi connectivity index (χ3v) is 7.16. The van der Waals surface area contributed by atoms with Gasteiger partial charge in [0.15, 0.2) is 0 Å². The van der Waals surface area contributed by atoms with Gasteiger partial charge in [0, 0.05) is 10.5 Å². The molecule has 0 aromatic heterocycles. The van der Waals surface area contributed by atoms with Gasteiger partial charge in [-0.05, 0) is 25.7 Å². The van der Waals surface area contributed by atoms with Crippen LogP contribution < -0.4 is 0 Å². The van der Waals surface area contributed by atoms with Crippen molar-refractivity contribution in [2.24, 2.45) is 0 Å². The number of aliphatic hydroxyl groups is 2. The molecule has 4 atom stereocenters. The molecule has 0 radical (unpaired) electrons. The first-order valence-electron chi connectivity index (χ1n) is 6.45. The first kappa shape index (κ1) is 13.1. The van der Waals surface area contributed by atoms with Gasteiger partial charge in [-0.3, -0.25) is 0 Å². The third kappa shape index (κ3) is 3.56. The molecule has 0 bridgehead atoms. The lowest BCUT2D eigenvalue weighted by Gasteiger charge is -2.31. The fourth-order valence-electron chi connectivity index (χ4n) is 2.52. The highest BCUT2D eigenvalue weighted by molar-refractivity contribution is 8.77. The van der Waals surface area contributed by atoms with Crippen LogP contribution in [0.1, 0.15) is 51.4 Å². The van der Waals surface area contributed by atoms with E-state index in [2.05, 4.69) is 0 Å². The Kier molecular flexibility index (Phi) is 5.33. The van der Waals surface area contributed by atoms with Crippen LogP contribution in [0, 0.1) is 0 Å². The molecule has 0 aliphatic heterocycles. The Hall–Kier alpha value is 0.620. The average molecular weight is 262 g/mol. The molecule has 4 heteroatoms. The van der Waals surface area contributed by atoms with Crippen molar-refractivity contribution < 1.29 is 10.2 Å². The van der Waals surface area contributed by atoms with Crippen molar-refractivity contribution in [2.75, 3.05) is 0 Å². The van der Waals surface area contributed by atoms with Crippen LogP contribution in [-0.4, -0.2) is 32.9 Å². The number of rotatable bonds is 3. The van der Waals surface area contributed by atoms with Gasteiger partial charge in [-0.15, -0.1) is 0 Å². The Bertz CT molecular complexity index is 191. The topological polar surface area (TPSA) is 40.5 Å². The van der Waals surface area contributed by atoms with Gasteiger partial charge in [0.05, 0.1) is 12.2 Å². The lowest BCUT2D eigenvalue weighted by Crippen LogP contribution is -2.29. The molecule has 2 aliphatic rings. The quantitative estimate of drug-likeness (QED) is 0.767. The molecule has 2 aliphatic carbocycles. The fraction of sp³-hybridized carbons (Fsp3) is 1.00. The van der Waals surface area contributed by atoms with Gasteiger partial charge in [-0.25, -0.2) is 0 Å². The zero-order valence-electron chi connectivity index (χ0n) is 9.68. The summed E-state index contributed by atoms with van der Waals surface area (Å²) in [4.78, 5) is 0. The molecule has 0 spiro atoms. The van der Waals surface area contributed by atoms with Gasteiger partial charge in [0.1, 0.15) is 0 Å². The Morgan fingerprint density at radius 3 is 1.38 bits per heavy atom. The average Bonchev–Trinajstić information content (AvgIpc) is 2.30. The molecular formula is C12H22O2S2. The van der Waals surface area contributed by atoms with E-state index >= 15 is 0 Å². The van der Waals surface area contributed by atoms with Gasteiger partial charge in [0.2, 0.25) is 0 Å². The van der Waals surface area contributed by atoms with Gasteiger partial charge >= 0.3 is 0 Å². The van der Waals surface area contributed by atoms with Gasteiger partial charge in [0.25, 0.3) is 0 Å². The number of aliphatic hydroxyl groups excluding tert-OH is 2. The molecule has 2 rings (SSSR count). The highest BCUT2D eigenvalue weighted by Gasteiger charge is 2.28. The molecule has 0 amide bonds. The molecule has 0 saturated heterocycles. The maximum atomic E-state index is 9.87. The minimum atomic E-state index is -0.119. The van der Waals surface area contributed by atoms with E-state index in [1.807, 2.05) is 21.6 Å². The third-order valence-electron chi connectivity index (χ3n) is 3.64. The second-order valence-corrected chi connectivity index (χ2v) is 7.72. The molecule has 2 nitrogen and oxygen atoms in total. The fourth-order valence-corrected chi connectivity index (χ4v) is 6.06. The second-order valence-electron chi connectivity index (χ2n) is 4.97. The Balaban J connectivity index is 1.72. The maximum absolute atomic E-state index is 9.87. The SMILES string of the molecule is O[C@@H]1CCCC[C@H]1SS[C@@H]1CCCC[C@H]1O. The van der Waals surface area contributed by atoms with Crippen molar-refractivity contribution in [3.05, 3.63) is 0 Å². The van der Waals surface area contributed by atoms with E-state index < -0.39 is 0 Å². The van der Waals surface area contributed by atoms with Crippen LogP contribution in [-0.2, 0) is 0 Å². The highest BCUT2D eigenvalue weighted by atomic mass is 33.1. The normalized spacial score (nSPS) is 40.9. The van der Waals surface area contributed by atoms with Gasteiger partial charge in [-0.2, -0.15) is 0 Å². The summed E-state index contributed by atoms with van der Waals surface area (Å²) in [5.41, 5.74) is 0. The van der Waals surface area contributed by atoms with Gasteiger partial charge in [-0.1, -0.05) is 47.3 Å². The van der Waals surface area contributed by atoms with Crippen LogP contribution in [0.4, 0.5) is 0 Å². The van der Waals surface area contributed by atoms with Crippen molar-refractivity contribution >= 4 is 21.6 Å². The van der Waals surface area contributed by atoms with E-state index in [-0.39, 0.29) is 12.2 Å². The number of hydrogen-bond acceptors (Lipinski definition) is 4. The van der Waals surface area contributed by atoms with Crippen LogP contribution in [0.25, 0.3) is 0 Å². The van der Waals surface area contributed by atoms with Gasteiger partial charge < -0.3 is 10.2 Å². The molecule has 2 N–H and O–H groups in total. The molecule has 2 saturated carbocycles. The minimum absolute atomic E-state index is 0.119.